The van der Waals surface area contributed by atoms with Gasteiger partial charge in [0.2, 0.25) is 0 Å². The summed E-state index contributed by atoms with van der Waals surface area (Å²) < 4.78 is 0. The van der Waals surface area contributed by atoms with Crippen LogP contribution in [0, 0.1) is 5.92 Å². The molecule has 10 heavy (non-hydrogen) atoms. The topological polar surface area (TPSA) is 29.3 Å². The molecule has 0 spiro atoms. The van der Waals surface area contributed by atoms with E-state index in [4.69, 9.17) is 5.73 Å². The molecule has 0 saturated carbocycles. The van der Waals surface area contributed by atoms with Crippen molar-refractivity contribution in [1.29, 1.82) is 0 Å². The summed E-state index contributed by atoms with van der Waals surface area (Å²) in [5.74, 6) is 0.750. The Hall–Kier alpha value is -0.0800. The zero-order valence-corrected chi connectivity index (χ0v) is 7.01. The summed E-state index contributed by atoms with van der Waals surface area (Å²) >= 11 is 0. The largest absolute Gasteiger partial charge is 0.326 e. The Labute approximate surface area is 63.4 Å². The van der Waals surface area contributed by atoms with Crippen molar-refractivity contribution < 1.29 is 0 Å². The summed E-state index contributed by atoms with van der Waals surface area (Å²) in [6, 6.07) is 0.435. The Morgan fingerprint density at radius 2 is 2.10 bits per heavy atom. The second-order valence-corrected chi connectivity index (χ2v) is 3.18. The highest BCUT2D eigenvalue weighted by Gasteiger charge is 2.26. The number of nitrogens with zero attached hydrogens (tertiary/aromatic N) is 1. The van der Waals surface area contributed by atoms with Gasteiger partial charge in [0, 0.05) is 19.1 Å². The fourth-order valence-electron chi connectivity index (χ4n) is 1.68. The lowest BCUT2D eigenvalue weighted by Crippen LogP contribution is -2.29. The molecule has 0 aromatic carbocycles. The number of rotatable bonds is 2. The van der Waals surface area contributed by atoms with Gasteiger partial charge in [-0.15, -0.1) is 0 Å². The highest BCUT2D eigenvalue weighted by atomic mass is 15.2. The van der Waals surface area contributed by atoms with E-state index in [9.17, 15) is 0 Å². The molecule has 1 aliphatic rings. The lowest BCUT2D eigenvalue weighted by molar-refractivity contribution is 0.340. The SMILES string of the molecule is CCC1CN(CC)CC1N. The van der Waals surface area contributed by atoms with Crippen LogP contribution in [0.15, 0.2) is 0 Å². The van der Waals surface area contributed by atoms with Gasteiger partial charge >= 0.3 is 0 Å². The van der Waals surface area contributed by atoms with E-state index in [0.717, 1.165) is 19.0 Å². The summed E-state index contributed by atoms with van der Waals surface area (Å²) in [6.45, 7) is 7.90. The summed E-state index contributed by atoms with van der Waals surface area (Å²) in [5, 5.41) is 0. The summed E-state index contributed by atoms with van der Waals surface area (Å²) in [5.41, 5.74) is 5.91. The molecule has 1 saturated heterocycles. The molecule has 1 rings (SSSR count). The molecule has 60 valence electrons. The molecule has 1 aliphatic heterocycles. The number of likely N-dealkylation sites (N-methyl/N-ethyl adjacent to an activating group) is 1. The molecule has 0 aliphatic carbocycles. The molecule has 0 radical (unpaired) electrons. The second-order valence-electron chi connectivity index (χ2n) is 3.18. The minimum atomic E-state index is 0.435. The van der Waals surface area contributed by atoms with E-state index < -0.39 is 0 Å². The van der Waals surface area contributed by atoms with Gasteiger partial charge in [0.1, 0.15) is 0 Å². The van der Waals surface area contributed by atoms with Gasteiger partial charge < -0.3 is 10.6 Å². The number of hydrogen-bond acceptors (Lipinski definition) is 2. The van der Waals surface area contributed by atoms with Gasteiger partial charge in [-0.05, 0) is 12.5 Å². The first-order chi connectivity index (χ1) is 4.77. The predicted octanol–water partition coefficient (Wildman–Crippen LogP) is 0.675. The maximum absolute atomic E-state index is 5.91. The number of hydrogen-bond donors (Lipinski definition) is 1. The smallest absolute Gasteiger partial charge is 0.0208 e. The van der Waals surface area contributed by atoms with Crippen LogP contribution in [0.2, 0.25) is 0 Å². The first-order valence-corrected chi connectivity index (χ1v) is 4.25. The number of likely N-dealkylation sites (tertiary alicyclic amines) is 1. The van der Waals surface area contributed by atoms with Gasteiger partial charge in [-0.1, -0.05) is 20.3 Å². The Kier molecular flexibility index (Phi) is 2.69. The van der Waals surface area contributed by atoms with E-state index in [0.29, 0.717) is 6.04 Å². The van der Waals surface area contributed by atoms with Gasteiger partial charge in [0.05, 0.1) is 0 Å². The molecular weight excluding hydrogens is 124 g/mol. The third-order valence-electron chi connectivity index (χ3n) is 2.54. The zero-order chi connectivity index (χ0) is 7.56. The normalized spacial score (nSPS) is 35.1. The van der Waals surface area contributed by atoms with Crippen molar-refractivity contribution in [3.8, 4) is 0 Å². The molecule has 0 aromatic heterocycles. The Morgan fingerprint density at radius 1 is 1.40 bits per heavy atom. The van der Waals surface area contributed by atoms with E-state index in [-0.39, 0.29) is 0 Å². The van der Waals surface area contributed by atoms with Crippen molar-refractivity contribution in [2.45, 2.75) is 26.3 Å². The van der Waals surface area contributed by atoms with E-state index in [1.807, 2.05) is 0 Å². The highest BCUT2D eigenvalue weighted by Crippen LogP contribution is 2.17. The Bertz CT molecular complexity index is 103. The third-order valence-corrected chi connectivity index (χ3v) is 2.54. The molecule has 2 nitrogen and oxygen atoms in total. The van der Waals surface area contributed by atoms with E-state index in [1.165, 1.54) is 13.0 Å². The van der Waals surface area contributed by atoms with Gasteiger partial charge in [-0.2, -0.15) is 0 Å². The average molecular weight is 142 g/mol. The first-order valence-electron chi connectivity index (χ1n) is 4.25. The van der Waals surface area contributed by atoms with E-state index in [1.54, 1.807) is 0 Å². The van der Waals surface area contributed by atoms with Crippen molar-refractivity contribution in [3.05, 3.63) is 0 Å². The van der Waals surface area contributed by atoms with Crippen LogP contribution in [0.25, 0.3) is 0 Å². The average Bonchev–Trinajstić information content (AvgIpc) is 2.30. The van der Waals surface area contributed by atoms with Crippen LogP contribution in [0.5, 0.6) is 0 Å². The van der Waals surface area contributed by atoms with Crippen molar-refractivity contribution in [3.63, 3.8) is 0 Å². The molecule has 1 fully saturated rings. The van der Waals surface area contributed by atoms with Crippen LogP contribution in [-0.4, -0.2) is 30.6 Å². The van der Waals surface area contributed by atoms with Crippen molar-refractivity contribution >= 4 is 0 Å². The van der Waals surface area contributed by atoms with Crippen LogP contribution >= 0.6 is 0 Å². The van der Waals surface area contributed by atoms with Crippen LogP contribution in [0.3, 0.4) is 0 Å². The fraction of sp³-hybridized carbons (Fsp3) is 1.00. The quantitative estimate of drug-likeness (QED) is 0.614. The monoisotopic (exact) mass is 142 g/mol. The van der Waals surface area contributed by atoms with Gasteiger partial charge in [-0.3, -0.25) is 0 Å². The summed E-state index contributed by atoms with van der Waals surface area (Å²) in [7, 11) is 0. The Morgan fingerprint density at radius 3 is 2.40 bits per heavy atom. The van der Waals surface area contributed by atoms with Crippen molar-refractivity contribution in [2.75, 3.05) is 19.6 Å². The molecule has 0 aromatic rings. The predicted molar refractivity (Wildman–Crippen MR) is 43.9 cm³/mol. The minimum Gasteiger partial charge on any atom is -0.326 e. The standard InChI is InChI=1S/C8H18N2/c1-3-7-5-10(4-2)6-8(7)9/h7-8H,3-6,9H2,1-2H3. The van der Waals surface area contributed by atoms with Gasteiger partial charge in [-0.25, -0.2) is 0 Å². The lowest BCUT2D eigenvalue weighted by atomic mass is 10.0. The van der Waals surface area contributed by atoms with Crippen molar-refractivity contribution in [1.82, 2.24) is 4.90 Å². The molecule has 1 heterocycles. The second kappa shape index (κ2) is 3.35. The molecule has 2 N–H and O–H groups in total. The van der Waals surface area contributed by atoms with Crippen LogP contribution in [0.1, 0.15) is 20.3 Å². The maximum atomic E-state index is 5.91. The van der Waals surface area contributed by atoms with Crippen LogP contribution < -0.4 is 5.73 Å². The van der Waals surface area contributed by atoms with Gasteiger partial charge in [0.25, 0.3) is 0 Å². The molecule has 0 bridgehead atoms. The Balaban J connectivity index is 2.36. The molecule has 2 atom stereocenters. The minimum absolute atomic E-state index is 0.435. The summed E-state index contributed by atoms with van der Waals surface area (Å²) in [4.78, 5) is 2.43. The lowest BCUT2D eigenvalue weighted by Gasteiger charge is -2.10. The summed E-state index contributed by atoms with van der Waals surface area (Å²) in [6.07, 6.45) is 1.23. The van der Waals surface area contributed by atoms with Crippen molar-refractivity contribution in [2.24, 2.45) is 11.7 Å². The first kappa shape index (κ1) is 8.02. The fourth-order valence-corrected chi connectivity index (χ4v) is 1.68. The highest BCUT2D eigenvalue weighted by molar-refractivity contribution is 4.84. The van der Waals surface area contributed by atoms with Gasteiger partial charge in [0.15, 0.2) is 0 Å². The molecule has 0 amide bonds. The molecular formula is C8H18N2. The van der Waals surface area contributed by atoms with E-state index >= 15 is 0 Å². The maximum Gasteiger partial charge on any atom is 0.0208 e. The van der Waals surface area contributed by atoms with Crippen LogP contribution in [-0.2, 0) is 0 Å². The van der Waals surface area contributed by atoms with Crippen LogP contribution in [0.4, 0.5) is 0 Å². The molecule has 2 heteroatoms. The third kappa shape index (κ3) is 1.50. The van der Waals surface area contributed by atoms with E-state index in [2.05, 4.69) is 18.7 Å². The molecule has 2 unspecified atom stereocenters. The number of nitrogens with two attached hydrogens (primary N) is 1. The zero-order valence-electron chi connectivity index (χ0n) is 7.01.